The quantitative estimate of drug-likeness (QED) is 0.426. The molecule has 12 heavy (non-hydrogen) atoms. The summed E-state index contributed by atoms with van der Waals surface area (Å²) in [6, 6.07) is 3.72. The zero-order valence-electron chi connectivity index (χ0n) is 6.57. The van der Waals surface area contributed by atoms with Gasteiger partial charge in [-0.05, 0) is 12.0 Å². The third kappa shape index (κ3) is 3.04. The molecule has 0 aromatic carbocycles. The largest absolute Gasteiger partial charge is 1.00 e. The van der Waals surface area contributed by atoms with Gasteiger partial charge in [0.2, 0.25) is 6.54 Å². The standard InChI is InChI=1S/C9H10NO.BrH/c1-2-5-10-6-3-4-9(7-10)8-11;/h1,3-4,6-7,11H,5,8H2;1H/q+1;/p-1. The van der Waals surface area contributed by atoms with Crippen LogP contribution in [0.1, 0.15) is 5.56 Å². The molecule has 0 aliphatic heterocycles. The second kappa shape index (κ2) is 5.76. The zero-order valence-corrected chi connectivity index (χ0v) is 8.16. The Hall–Kier alpha value is -0.850. The highest BCUT2D eigenvalue weighted by molar-refractivity contribution is 5.03. The van der Waals surface area contributed by atoms with E-state index in [1.54, 1.807) is 0 Å². The molecule has 0 fully saturated rings. The Balaban J connectivity index is 0.00000121. The monoisotopic (exact) mass is 227 g/mol. The van der Waals surface area contributed by atoms with Gasteiger partial charge in [-0.25, -0.2) is 0 Å². The summed E-state index contributed by atoms with van der Waals surface area (Å²) >= 11 is 0. The first kappa shape index (κ1) is 11.2. The number of hydrogen-bond donors (Lipinski definition) is 1. The minimum absolute atomic E-state index is 0. The number of hydrogen-bond acceptors (Lipinski definition) is 1. The molecule has 1 rings (SSSR count). The molecule has 0 amide bonds. The predicted octanol–water partition coefficient (Wildman–Crippen LogP) is -2.90. The Kier molecular flexibility index (Phi) is 5.35. The van der Waals surface area contributed by atoms with Gasteiger partial charge in [-0.15, -0.1) is 6.42 Å². The normalized spacial score (nSPS) is 8.33. The predicted molar refractivity (Wildman–Crippen MR) is 41.4 cm³/mol. The lowest BCUT2D eigenvalue weighted by molar-refractivity contribution is -0.685. The molecular formula is C9H10BrNO. The Morgan fingerprint density at radius 2 is 2.33 bits per heavy atom. The van der Waals surface area contributed by atoms with E-state index in [0.29, 0.717) is 6.54 Å². The van der Waals surface area contributed by atoms with Gasteiger partial charge in [0, 0.05) is 11.6 Å². The van der Waals surface area contributed by atoms with Crippen LogP contribution in [0.5, 0.6) is 0 Å². The SMILES string of the molecule is C#CC[n+]1cccc(CO)c1.[Br-]. The van der Waals surface area contributed by atoms with Crippen molar-refractivity contribution in [1.82, 2.24) is 0 Å². The molecule has 0 radical (unpaired) electrons. The highest BCUT2D eigenvalue weighted by Crippen LogP contribution is 1.91. The molecule has 3 heteroatoms. The molecule has 1 aromatic rings. The van der Waals surface area contributed by atoms with E-state index >= 15 is 0 Å². The van der Waals surface area contributed by atoms with Crippen LogP contribution < -0.4 is 21.5 Å². The molecular weight excluding hydrogens is 218 g/mol. The number of nitrogens with zero attached hydrogens (tertiary/aromatic N) is 1. The molecule has 0 unspecified atom stereocenters. The molecule has 64 valence electrons. The highest BCUT2D eigenvalue weighted by Gasteiger charge is 1.97. The molecule has 1 N–H and O–H groups in total. The molecule has 0 aliphatic rings. The highest BCUT2D eigenvalue weighted by atomic mass is 79.9. The van der Waals surface area contributed by atoms with Crippen LogP contribution in [0.2, 0.25) is 0 Å². The van der Waals surface area contributed by atoms with E-state index in [4.69, 9.17) is 11.5 Å². The Morgan fingerprint density at radius 3 is 2.92 bits per heavy atom. The maximum atomic E-state index is 8.77. The van der Waals surface area contributed by atoms with Gasteiger partial charge in [-0.1, -0.05) is 0 Å². The van der Waals surface area contributed by atoms with Crippen molar-refractivity contribution in [2.45, 2.75) is 13.2 Å². The van der Waals surface area contributed by atoms with Crippen LogP contribution in [-0.2, 0) is 13.2 Å². The topological polar surface area (TPSA) is 24.1 Å². The van der Waals surface area contributed by atoms with Crippen molar-refractivity contribution in [3.8, 4) is 12.3 Å². The third-order valence-electron chi connectivity index (χ3n) is 1.38. The number of rotatable bonds is 2. The van der Waals surface area contributed by atoms with Crippen molar-refractivity contribution in [1.29, 1.82) is 0 Å². The van der Waals surface area contributed by atoms with Gasteiger partial charge in [0.05, 0.1) is 6.61 Å². The summed E-state index contributed by atoms with van der Waals surface area (Å²) in [7, 11) is 0. The van der Waals surface area contributed by atoms with E-state index < -0.39 is 0 Å². The van der Waals surface area contributed by atoms with Crippen molar-refractivity contribution in [3.05, 3.63) is 30.1 Å². The van der Waals surface area contributed by atoms with Crippen LogP contribution in [0.15, 0.2) is 24.5 Å². The van der Waals surface area contributed by atoms with Crippen LogP contribution in [-0.4, -0.2) is 5.11 Å². The summed E-state index contributed by atoms with van der Waals surface area (Å²) in [5, 5.41) is 8.77. The lowest BCUT2D eigenvalue weighted by Gasteiger charge is -1.92. The number of pyridine rings is 1. The molecule has 0 saturated carbocycles. The molecule has 1 aromatic heterocycles. The van der Waals surface area contributed by atoms with Gasteiger partial charge in [0.1, 0.15) is 0 Å². The van der Waals surface area contributed by atoms with Crippen molar-refractivity contribution in [3.63, 3.8) is 0 Å². The molecule has 2 nitrogen and oxygen atoms in total. The first-order valence-corrected chi connectivity index (χ1v) is 3.39. The van der Waals surface area contributed by atoms with E-state index in [0.717, 1.165) is 5.56 Å². The van der Waals surface area contributed by atoms with E-state index in [1.165, 1.54) is 0 Å². The number of halogens is 1. The number of terminal acetylenes is 1. The van der Waals surface area contributed by atoms with E-state index in [-0.39, 0.29) is 23.6 Å². The van der Waals surface area contributed by atoms with Gasteiger partial charge >= 0.3 is 0 Å². The number of aliphatic hydroxyl groups is 1. The minimum atomic E-state index is 0. The summed E-state index contributed by atoms with van der Waals surface area (Å²) in [6.45, 7) is 0.610. The molecule has 0 bridgehead atoms. The van der Waals surface area contributed by atoms with Crippen molar-refractivity contribution >= 4 is 0 Å². The lowest BCUT2D eigenvalue weighted by Crippen LogP contribution is -3.00. The summed E-state index contributed by atoms with van der Waals surface area (Å²) in [4.78, 5) is 0. The van der Waals surface area contributed by atoms with E-state index in [2.05, 4.69) is 5.92 Å². The van der Waals surface area contributed by atoms with Gasteiger partial charge in [0.25, 0.3) is 0 Å². The smallest absolute Gasteiger partial charge is 0.208 e. The van der Waals surface area contributed by atoms with Crippen molar-refractivity contribution in [2.24, 2.45) is 0 Å². The Morgan fingerprint density at radius 1 is 1.58 bits per heavy atom. The van der Waals surface area contributed by atoms with E-state index in [9.17, 15) is 0 Å². The number of aliphatic hydroxyl groups excluding tert-OH is 1. The maximum absolute atomic E-state index is 8.77. The average molecular weight is 228 g/mol. The zero-order chi connectivity index (χ0) is 8.10. The third-order valence-corrected chi connectivity index (χ3v) is 1.38. The van der Waals surface area contributed by atoms with Crippen LogP contribution in [0.3, 0.4) is 0 Å². The maximum Gasteiger partial charge on any atom is 0.208 e. The van der Waals surface area contributed by atoms with Gasteiger partial charge in [0.15, 0.2) is 12.4 Å². The van der Waals surface area contributed by atoms with Gasteiger partial charge in [-0.3, -0.25) is 0 Å². The molecule has 0 atom stereocenters. The summed E-state index contributed by atoms with van der Waals surface area (Å²) in [6.07, 6.45) is 8.83. The fourth-order valence-corrected chi connectivity index (χ4v) is 0.874. The first-order chi connectivity index (χ1) is 5.36. The fraction of sp³-hybridized carbons (Fsp3) is 0.222. The first-order valence-electron chi connectivity index (χ1n) is 3.39. The van der Waals surface area contributed by atoms with Crippen molar-refractivity contribution in [2.75, 3.05) is 0 Å². The van der Waals surface area contributed by atoms with Crippen LogP contribution in [0.25, 0.3) is 0 Å². The fourth-order valence-electron chi connectivity index (χ4n) is 0.874. The van der Waals surface area contributed by atoms with Gasteiger partial charge in [-0.2, -0.15) is 4.57 Å². The second-order valence-electron chi connectivity index (χ2n) is 2.25. The second-order valence-corrected chi connectivity index (χ2v) is 2.25. The summed E-state index contributed by atoms with van der Waals surface area (Å²) in [5.74, 6) is 2.52. The molecule has 0 spiro atoms. The molecule has 1 heterocycles. The Bertz CT molecular complexity index is 280. The summed E-state index contributed by atoms with van der Waals surface area (Å²) in [5.41, 5.74) is 0.878. The van der Waals surface area contributed by atoms with E-state index in [1.807, 2.05) is 29.1 Å². The van der Waals surface area contributed by atoms with Crippen LogP contribution in [0, 0.1) is 12.3 Å². The lowest BCUT2D eigenvalue weighted by atomic mass is 10.3. The Labute approximate surface area is 82.6 Å². The van der Waals surface area contributed by atoms with Crippen molar-refractivity contribution < 1.29 is 26.7 Å². The van der Waals surface area contributed by atoms with Gasteiger partial charge < -0.3 is 22.1 Å². The van der Waals surface area contributed by atoms with Crippen LogP contribution in [0.4, 0.5) is 0 Å². The minimum Gasteiger partial charge on any atom is -1.00 e. The van der Waals surface area contributed by atoms with Crippen LogP contribution >= 0.6 is 0 Å². The molecule has 0 saturated heterocycles. The average Bonchev–Trinajstić information content (AvgIpc) is 2.06. The molecule has 0 aliphatic carbocycles. The summed E-state index contributed by atoms with van der Waals surface area (Å²) < 4.78 is 1.85. The number of aromatic nitrogens is 1.